The van der Waals surface area contributed by atoms with Gasteiger partial charge in [0.25, 0.3) is 0 Å². The maximum absolute atomic E-state index is 13.0. The molecule has 0 aliphatic carbocycles. The molecule has 1 aliphatic rings. The van der Waals surface area contributed by atoms with E-state index in [1.165, 1.54) is 25.4 Å². The van der Waals surface area contributed by atoms with Gasteiger partial charge in [-0.15, -0.1) is 0 Å². The lowest BCUT2D eigenvalue weighted by atomic mass is 10.2. The maximum Gasteiger partial charge on any atom is 0.238 e. The van der Waals surface area contributed by atoms with E-state index in [0.717, 1.165) is 11.3 Å². The predicted octanol–water partition coefficient (Wildman–Crippen LogP) is 1.97. The smallest absolute Gasteiger partial charge is 0.238 e. The Balaban J connectivity index is 1.36. The van der Waals surface area contributed by atoms with Gasteiger partial charge in [0, 0.05) is 31.9 Å². The molecule has 10 nitrogen and oxygen atoms in total. The molecule has 0 radical (unpaired) electrons. The average molecular weight is 497 g/mol. The number of methoxy groups -OCH3 is 1. The zero-order valence-electron chi connectivity index (χ0n) is 19.6. The molecule has 4 rings (SSSR count). The number of nitrogen functional groups attached to an aromatic ring is 1. The van der Waals surface area contributed by atoms with Crippen LogP contribution in [-0.2, 0) is 14.6 Å². The largest absolute Gasteiger partial charge is 0.497 e. The number of sulfone groups is 1. The Bertz CT molecular complexity index is 1290. The standard InChI is InChI=1S/C24H28N6O4S/c1-17-3-5-18(6-4-17)27-22(31)16-29-11-13-30(14-12-29)24-26-15-21(23(25)28-24)35(32,33)20-9-7-19(34-2)8-10-20/h3-10,15H,11-14,16H2,1-2H3,(H,27,31)(H2,25,26,28). The second-order valence-corrected chi connectivity index (χ2v) is 10.2. The molecule has 3 aromatic rings. The van der Waals surface area contributed by atoms with Crippen molar-refractivity contribution >= 4 is 33.2 Å². The van der Waals surface area contributed by atoms with E-state index >= 15 is 0 Å². The summed E-state index contributed by atoms with van der Waals surface area (Å²) in [6, 6.07) is 13.7. The van der Waals surface area contributed by atoms with Crippen molar-refractivity contribution in [3.63, 3.8) is 0 Å². The summed E-state index contributed by atoms with van der Waals surface area (Å²) < 4.78 is 31.0. The SMILES string of the molecule is COc1ccc(S(=O)(=O)c2cnc(N3CCN(CC(=O)Nc4ccc(C)cc4)CC3)nc2N)cc1. The highest BCUT2D eigenvalue weighted by atomic mass is 32.2. The molecule has 0 atom stereocenters. The van der Waals surface area contributed by atoms with Gasteiger partial charge >= 0.3 is 0 Å². The van der Waals surface area contributed by atoms with Crippen LogP contribution in [0.25, 0.3) is 0 Å². The van der Waals surface area contributed by atoms with Gasteiger partial charge in [-0.1, -0.05) is 17.7 Å². The zero-order valence-corrected chi connectivity index (χ0v) is 20.5. The number of amides is 1. The number of benzene rings is 2. The number of ether oxygens (including phenoxy) is 1. The van der Waals surface area contributed by atoms with E-state index in [1.54, 1.807) is 12.1 Å². The number of nitrogens with zero attached hydrogens (tertiary/aromatic N) is 4. The molecule has 0 unspecified atom stereocenters. The maximum atomic E-state index is 13.0. The van der Waals surface area contributed by atoms with Gasteiger partial charge in [-0.05, 0) is 43.3 Å². The van der Waals surface area contributed by atoms with Crippen molar-refractivity contribution < 1.29 is 17.9 Å². The van der Waals surface area contributed by atoms with Crippen molar-refractivity contribution in [3.8, 4) is 5.75 Å². The van der Waals surface area contributed by atoms with E-state index in [0.29, 0.717) is 37.9 Å². The Morgan fingerprint density at radius 1 is 1.06 bits per heavy atom. The number of piperazine rings is 1. The van der Waals surface area contributed by atoms with E-state index in [9.17, 15) is 13.2 Å². The first kappa shape index (κ1) is 24.4. The van der Waals surface area contributed by atoms with Gasteiger partial charge < -0.3 is 20.7 Å². The molecule has 1 aromatic heterocycles. The predicted molar refractivity (Wildman–Crippen MR) is 133 cm³/mol. The van der Waals surface area contributed by atoms with Gasteiger partial charge in [0.15, 0.2) is 0 Å². The number of hydrogen-bond acceptors (Lipinski definition) is 9. The first-order valence-corrected chi connectivity index (χ1v) is 12.6. The Hall–Kier alpha value is -3.70. The third kappa shape index (κ3) is 5.69. The number of aryl methyl sites for hydroxylation is 1. The van der Waals surface area contributed by atoms with Crippen LogP contribution in [0, 0.1) is 6.92 Å². The summed E-state index contributed by atoms with van der Waals surface area (Å²) in [4.78, 5) is 24.8. The number of rotatable bonds is 7. The van der Waals surface area contributed by atoms with Crippen LogP contribution in [0.5, 0.6) is 5.75 Å². The first-order valence-electron chi connectivity index (χ1n) is 11.1. The van der Waals surface area contributed by atoms with Crippen molar-refractivity contribution in [2.24, 2.45) is 0 Å². The summed E-state index contributed by atoms with van der Waals surface area (Å²) in [6.45, 7) is 4.72. The molecule has 184 valence electrons. The molecule has 35 heavy (non-hydrogen) atoms. The summed E-state index contributed by atoms with van der Waals surface area (Å²) in [7, 11) is -2.36. The second-order valence-electron chi connectivity index (χ2n) is 8.28. The summed E-state index contributed by atoms with van der Waals surface area (Å²) in [5.74, 6) is 0.733. The van der Waals surface area contributed by atoms with E-state index in [2.05, 4.69) is 15.3 Å². The highest BCUT2D eigenvalue weighted by molar-refractivity contribution is 7.91. The normalized spacial score (nSPS) is 14.5. The zero-order chi connectivity index (χ0) is 25.0. The minimum absolute atomic E-state index is 0.0733. The molecular formula is C24H28N6O4S. The molecule has 2 aromatic carbocycles. The molecule has 0 spiro atoms. The van der Waals surface area contributed by atoms with Gasteiger partial charge in [0.1, 0.15) is 16.5 Å². The van der Waals surface area contributed by atoms with Gasteiger partial charge in [-0.3, -0.25) is 9.69 Å². The van der Waals surface area contributed by atoms with Gasteiger partial charge in [0.05, 0.1) is 24.7 Å². The van der Waals surface area contributed by atoms with Crippen LogP contribution in [0.3, 0.4) is 0 Å². The van der Waals surface area contributed by atoms with Crippen LogP contribution in [0.4, 0.5) is 17.5 Å². The topological polar surface area (TPSA) is 131 Å². The third-order valence-electron chi connectivity index (χ3n) is 5.79. The van der Waals surface area contributed by atoms with E-state index in [1.807, 2.05) is 41.0 Å². The molecule has 3 N–H and O–H groups in total. The molecule has 0 bridgehead atoms. The Kier molecular flexibility index (Phi) is 7.17. The van der Waals surface area contributed by atoms with Crippen LogP contribution in [0.1, 0.15) is 5.56 Å². The number of nitrogens with one attached hydrogen (secondary N) is 1. The van der Waals surface area contributed by atoms with Gasteiger partial charge in [0.2, 0.25) is 21.7 Å². The van der Waals surface area contributed by atoms with Crippen molar-refractivity contribution in [2.45, 2.75) is 16.7 Å². The number of carbonyl (C=O) groups is 1. The fourth-order valence-electron chi connectivity index (χ4n) is 3.76. The number of aromatic nitrogens is 2. The summed E-state index contributed by atoms with van der Waals surface area (Å²) in [5.41, 5.74) is 7.94. The number of hydrogen-bond donors (Lipinski definition) is 2. The summed E-state index contributed by atoms with van der Waals surface area (Å²) in [6.07, 6.45) is 1.25. The fourth-order valence-corrected chi connectivity index (χ4v) is 5.02. The fraction of sp³-hybridized carbons (Fsp3) is 0.292. The van der Waals surface area contributed by atoms with Crippen molar-refractivity contribution in [2.75, 3.05) is 55.8 Å². The molecule has 11 heteroatoms. The summed E-state index contributed by atoms with van der Waals surface area (Å²) >= 11 is 0. The lowest BCUT2D eigenvalue weighted by Crippen LogP contribution is -2.49. The van der Waals surface area contributed by atoms with Crippen LogP contribution >= 0.6 is 0 Å². The number of anilines is 3. The second kappa shape index (κ2) is 10.3. The monoisotopic (exact) mass is 496 g/mol. The number of carbonyl (C=O) groups excluding carboxylic acids is 1. The van der Waals surface area contributed by atoms with Crippen molar-refractivity contribution in [3.05, 3.63) is 60.3 Å². The van der Waals surface area contributed by atoms with E-state index < -0.39 is 9.84 Å². The Morgan fingerprint density at radius 3 is 2.31 bits per heavy atom. The molecule has 1 amide bonds. The van der Waals surface area contributed by atoms with Gasteiger partial charge in [-0.2, -0.15) is 4.98 Å². The molecule has 1 saturated heterocycles. The Morgan fingerprint density at radius 2 is 1.71 bits per heavy atom. The third-order valence-corrected chi connectivity index (χ3v) is 7.57. The molecule has 1 fully saturated rings. The van der Waals surface area contributed by atoms with Gasteiger partial charge in [-0.25, -0.2) is 13.4 Å². The van der Waals surface area contributed by atoms with Crippen molar-refractivity contribution in [1.29, 1.82) is 0 Å². The molecule has 1 aliphatic heterocycles. The lowest BCUT2D eigenvalue weighted by molar-refractivity contribution is -0.117. The molecule has 2 heterocycles. The number of nitrogens with two attached hydrogens (primary N) is 1. The minimum Gasteiger partial charge on any atom is -0.497 e. The highest BCUT2D eigenvalue weighted by Crippen LogP contribution is 2.27. The van der Waals surface area contributed by atoms with Crippen molar-refractivity contribution in [1.82, 2.24) is 14.9 Å². The molecule has 0 saturated carbocycles. The average Bonchev–Trinajstić information content (AvgIpc) is 2.85. The first-order chi connectivity index (χ1) is 16.8. The van der Waals surface area contributed by atoms with Crippen LogP contribution in [0.15, 0.2) is 64.5 Å². The van der Waals surface area contributed by atoms with Crippen LogP contribution in [0.2, 0.25) is 0 Å². The van der Waals surface area contributed by atoms with Crippen LogP contribution in [-0.4, -0.2) is 69.0 Å². The highest BCUT2D eigenvalue weighted by Gasteiger charge is 2.25. The van der Waals surface area contributed by atoms with Crippen LogP contribution < -0.4 is 20.7 Å². The van der Waals surface area contributed by atoms with E-state index in [4.69, 9.17) is 10.5 Å². The molecular weight excluding hydrogens is 468 g/mol. The quantitative estimate of drug-likeness (QED) is 0.504. The lowest BCUT2D eigenvalue weighted by Gasteiger charge is -2.34. The van der Waals surface area contributed by atoms with E-state index in [-0.39, 0.29) is 28.1 Å². The Labute approximate surface area is 204 Å². The minimum atomic E-state index is -3.87. The summed E-state index contributed by atoms with van der Waals surface area (Å²) in [5, 5.41) is 2.91.